The van der Waals surface area contributed by atoms with Gasteiger partial charge in [0.2, 0.25) is 0 Å². The van der Waals surface area contributed by atoms with Crippen LogP contribution in [-0.4, -0.2) is 42.0 Å². The zero-order valence-electron chi connectivity index (χ0n) is 20.0. The average Bonchev–Trinajstić information content (AvgIpc) is 3.20. The van der Waals surface area contributed by atoms with Crippen LogP contribution in [0.25, 0.3) is 21.3 Å². The second-order valence-corrected chi connectivity index (χ2v) is 10.4. The van der Waals surface area contributed by atoms with Crippen LogP contribution in [0, 0.1) is 25.2 Å². The number of nitrogens with two attached hydrogens (primary N) is 2. The van der Waals surface area contributed by atoms with Gasteiger partial charge in [0, 0.05) is 47.8 Å². The van der Waals surface area contributed by atoms with Crippen molar-refractivity contribution < 1.29 is 4.79 Å². The van der Waals surface area contributed by atoms with E-state index in [2.05, 4.69) is 22.9 Å². The molecule has 182 valence electrons. The summed E-state index contributed by atoms with van der Waals surface area (Å²) < 4.78 is 0. The van der Waals surface area contributed by atoms with E-state index in [-0.39, 0.29) is 17.3 Å². The lowest BCUT2D eigenvalue weighted by Crippen LogP contribution is -2.49. The summed E-state index contributed by atoms with van der Waals surface area (Å²) in [6.07, 6.45) is 0. The van der Waals surface area contributed by atoms with Crippen molar-refractivity contribution >= 4 is 56.3 Å². The summed E-state index contributed by atoms with van der Waals surface area (Å²) in [5.74, 6) is -0.00349. The maximum Gasteiger partial charge on any atom is 0.266 e. The number of nitrogens with zero attached hydrogens (tertiary/aromatic N) is 4. The van der Waals surface area contributed by atoms with Crippen LogP contribution in [0.3, 0.4) is 0 Å². The van der Waals surface area contributed by atoms with Crippen LogP contribution >= 0.6 is 22.9 Å². The standard InChI is InChI=1S/C27H25ClN6OS/c1-15-3-6-17(7-4-15)21-19(14-29)25(31)32-26-22(21)23(30)24(36-26)27(35)34-11-9-33(10-12-34)20-13-18(28)8-5-16(20)2/h3-8,13H,9-12,30H2,1-2H3,(H2,31,32). The summed E-state index contributed by atoms with van der Waals surface area (Å²) in [5, 5.41) is 11.1. The van der Waals surface area contributed by atoms with Gasteiger partial charge in [-0.1, -0.05) is 47.5 Å². The van der Waals surface area contributed by atoms with Crippen LogP contribution in [0.15, 0.2) is 42.5 Å². The van der Waals surface area contributed by atoms with Crippen molar-refractivity contribution in [3.8, 4) is 17.2 Å². The van der Waals surface area contributed by atoms with Crippen molar-refractivity contribution in [2.75, 3.05) is 42.5 Å². The quantitative estimate of drug-likeness (QED) is 0.385. The van der Waals surface area contributed by atoms with E-state index >= 15 is 0 Å². The number of thiophene rings is 1. The van der Waals surface area contributed by atoms with Gasteiger partial charge in [0.05, 0.1) is 5.69 Å². The van der Waals surface area contributed by atoms with E-state index in [4.69, 9.17) is 23.1 Å². The Kier molecular flexibility index (Phi) is 6.20. The molecule has 0 unspecified atom stereocenters. The van der Waals surface area contributed by atoms with Gasteiger partial charge < -0.3 is 21.3 Å². The third-order valence-corrected chi connectivity index (χ3v) is 7.95. The molecule has 1 saturated heterocycles. The lowest BCUT2D eigenvalue weighted by Gasteiger charge is -2.36. The van der Waals surface area contributed by atoms with Gasteiger partial charge in [0.15, 0.2) is 0 Å². The lowest BCUT2D eigenvalue weighted by atomic mass is 9.96. The molecule has 2 aromatic carbocycles. The highest BCUT2D eigenvalue weighted by Gasteiger charge is 2.29. The van der Waals surface area contributed by atoms with Gasteiger partial charge in [-0.15, -0.1) is 11.3 Å². The maximum atomic E-state index is 13.6. The Bertz CT molecular complexity index is 1530. The van der Waals surface area contributed by atoms with Crippen molar-refractivity contribution in [3.05, 3.63) is 69.1 Å². The molecule has 0 spiro atoms. The Balaban J connectivity index is 1.49. The number of hydrogen-bond acceptors (Lipinski definition) is 7. The van der Waals surface area contributed by atoms with Gasteiger partial charge in [-0.2, -0.15) is 5.26 Å². The fourth-order valence-corrected chi connectivity index (χ4v) is 5.91. The van der Waals surface area contributed by atoms with Gasteiger partial charge >= 0.3 is 0 Å². The molecule has 0 saturated carbocycles. The molecule has 1 aliphatic rings. The van der Waals surface area contributed by atoms with E-state index in [0.29, 0.717) is 57.5 Å². The minimum Gasteiger partial charge on any atom is -0.397 e. The Morgan fingerprint density at radius 3 is 2.44 bits per heavy atom. The normalized spacial score (nSPS) is 13.7. The number of amides is 1. The molecular formula is C27H25ClN6OS. The number of halogens is 1. The van der Waals surface area contributed by atoms with E-state index < -0.39 is 0 Å². The molecule has 9 heteroatoms. The molecular weight excluding hydrogens is 492 g/mol. The largest absolute Gasteiger partial charge is 0.397 e. The second kappa shape index (κ2) is 9.34. The fourth-order valence-electron chi connectivity index (χ4n) is 4.67. The Labute approximate surface area is 218 Å². The lowest BCUT2D eigenvalue weighted by molar-refractivity contribution is 0.0752. The zero-order chi connectivity index (χ0) is 25.6. The summed E-state index contributed by atoms with van der Waals surface area (Å²) in [5.41, 5.74) is 18.1. The number of nitriles is 1. The molecule has 4 aromatic rings. The topological polar surface area (TPSA) is 112 Å². The summed E-state index contributed by atoms with van der Waals surface area (Å²) in [6, 6.07) is 15.8. The third-order valence-electron chi connectivity index (χ3n) is 6.63. The van der Waals surface area contributed by atoms with Crippen molar-refractivity contribution in [2.45, 2.75) is 13.8 Å². The summed E-state index contributed by atoms with van der Waals surface area (Å²) in [7, 11) is 0. The number of nitrogen functional groups attached to an aromatic ring is 2. The first-order chi connectivity index (χ1) is 17.3. The molecule has 5 rings (SSSR count). The highest BCUT2D eigenvalue weighted by atomic mass is 35.5. The van der Waals surface area contributed by atoms with Gasteiger partial charge in [-0.25, -0.2) is 4.98 Å². The molecule has 2 aromatic heterocycles. The van der Waals surface area contributed by atoms with Crippen LogP contribution in [0.1, 0.15) is 26.4 Å². The average molecular weight is 517 g/mol. The van der Waals surface area contributed by atoms with Crippen molar-refractivity contribution in [3.63, 3.8) is 0 Å². The third kappa shape index (κ3) is 4.11. The van der Waals surface area contributed by atoms with E-state index in [0.717, 1.165) is 22.4 Å². The van der Waals surface area contributed by atoms with E-state index in [1.807, 2.05) is 54.3 Å². The van der Waals surface area contributed by atoms with Crippen molar-refractivity contribution in [2.24, 2.45) is 0 Å². The minimum absolute atomic E-state index is 0.131. The van der Waals surface area contributed by atoms with Crippen molar-refractivity contribution in [1.29, 1.82) is 5.26 Å². The van der Waals surface area contributed by atoms with Crippen molar-refractivity contribution in [1.82, 2.24) is 9.88 Å². The van der Waals surface area contributed by atoms with Gasteiger partial charge in [-0.3, -0.25) is 4.79 Å². The second-order valence-electron chi connectivity index (χ2n) is 8.96. The Morgan fingerprint density at radius 1 is 1.08 bits per heavy atom. The molecule has 1 fully saturated rings. The van der Waals surface area contributed by atoms with Gasteiger partial charge in [0.25, 0.3) is 5.91 Å². The molecule has 4 N–H and O–H groups in total. The number of hydrogen-bond donors (Lipinski definition) is 2. The van der Waals surface area contributed by atoms with Crippen LogP contribution < -0.4 is 16.4 Å². The summed E-state index contributed by atoms with van der Waals surface area (Å²) in [6.45, 7) is 6.55. The van der Waals surface area contributed by atoms with Crippen LogP contribution in [0.5, 0.6) is 0 Å². The van der Waals surface area contributed by atoms with Crippen LogP contribution in [0.2, 0.25) is 5.02 Å². The monoisotopic (exact) mass is 516 g/mol. The number of aromatic nitrogens is 1. The van der Waals surface area contributed by atoms with E-state index in [1.54, 1.807) is 0 Å². The molecule has 3 heterocycles. The molecule has 7 nitrogen and oxygen atoms in total. The minimum atomic E-state index is -0.134. The highest BCUT2D eigenvalue weighted by molar-refractivity contribution is 7.21. The molecule has 0 atom stereocenters. The number of rotatable bonds is 3. The number of anilines is 3. The number of fused-ring (bicyclic) bond motifs is 1. The summed E-state index contributed by atoms with van der Waals surface area (Å²) in [4.78, 5) is 23.0. The molecule has 1 amide bonds. The molecule has 0 bridgehead atoms. The zero-order valence-corrected chi connectivity index (χ0v) is 21.6. The number of carbonyl (C=O) groups excluding carboxylic acids is 1. The number of aryl methyl sites for hydroxylation is 2. The predicted molar refractivity (Wildman–Crippen MR) is 148 cm³/mol. The smallest absolute Gasteiger partial charge is 0.266 e. The maximum absolute atomic E-state index is 13.6. The number of pyridine rings is 1. The van der Waals surface area contributed by atoms with Gasteiger partial charge in [-0.05, 0) is 37.1 Å². The number of benzene rings is 2. The van der Waals surface area contributed by atoms with Crippen LogP contribution in [-0.2, 0) is 0 Å². The number of carbonyl (C=O) groups is 1. The first-order valence-corrected chi connectivity index (χ1v) is 12.8. The predicted octanol–water partition coefficient (Wildman–Crippen LogP) is 5.23. The first kappa shape index (κ1) is 23.9. The Hall–Kier alpha value is -3.80. The first-order valence-electron chi connectivity index (χ1n) is 11.6. The SMILES string of the molecule is Cc1ccc(-c2c(C#N)c(N)nc3sc(C(=O)N4CCN(c5cc(Cl)ccc5C)CC4)c(N)c23)cc1. The summed E-state index contributed by atoms with van der Waals surface area (Å²) >= 11 is 7.43. The molecule has 36 heavy (non-hydrogen) atoms. The Morgan fingerprint density at radius 2 is 1.78 bits per heavy atom. The fraction of sp³-hybridized carbons (Fsp3) is 0.222. The van der Waals surface area contributed by atoms with E-state index in [9.17, 15) is 10.1 Å². The van der Waals surface area contributed by atoms with Crippen LogP contribution in [0.4, 0.5) is 17.2 Å². The molecule has 0 radical (unpaired) electrons. The molecule has 1 aliphatic heterocycles. The van der Waals surface area contributed by atoms with E-state index in [1.165, 1.54) is 11.3 Å². The van der Waals surface area contributed by atoms with Gasteiger partial charge in [0.1, 0.15) is 27.2 Å². The highest BCUT2D eigenvalue weighted by Crippen LogP contribution is 2.43. The number of piperazine rings is 1. The molecule has 0 aliphatic carbocycles.